The zero-order valence-corrected chi connectivity index (χ0v) is 12.0. The van der Waals surface area contributed by atoms with Crippen LogP contribution in [0.2, 0.25) is 0 Å². The standard InChI is InChI=1S/C16H10N2O5/c1-20-12-5-3-2-4-10(12)15-18-17-14(21-15)9-6-7-13-11(8-9)16(19)23-22-13/h2-8H,1H3. The lowest BCUT2D eigenvalue weighted by Crippen LogP contribution is -1.90. The number of hydrogen-bond donors (Lipinski definition) is 0. The lowest BCUT2D eigenvalue weighted by Gasteiger charge is -2.03. The second kappa shape index (κ2) is 5.13. The van der Waals surface area contributed by atoms with Crippen LogP contribution in [0.1, 0.15) is 0 Å². The number of para-hydroxylation sites is 1. The third kappa shape index (κ3) is 2.18. The molecule has 0 saturated carbocycles. The van der Waals surface area contributed by atoms with Crippen molar-refractivity contribution in [3.05, 3.63) is 52.9 Å². The van der Waals surface area contributed by atoms with Gasteiger partial charge < -0.3 is 9.15 Å². The molecule has 0 spiro atoms. The number of ether oxygens (including phenoxy) is 1. The van der Waals surface area contributed by atoms with E-state index in [2.05, 4.69) is 14.8 Å². The van der Waals surface area contributed by atoms with Crippen LogP contribution in [-0.4, -0.2) is 17.3 Å². The van der Waals surface area contributed by atoms with Crippen LogP contribution in [0, 0.1) is 0 Å². The fourth-order valence-corrected chi connectivity index (χ4v) is 2.29. The van der Waals surface area contributed by atoms with Gasteiger partial charge in [0.15, 0.2) is 5.58 Å². The minimum atomic E-state index is -0.550. The first kappa shape index (κ1) is 13.3. The summed E-state index contributed by atoms with van der Waals surface area (Å²) in [5, 5.41) is 8.38. The van der Waals surface area contributed by atoms with Crippen LogP contribution in [0.25, 0.3) is 33.9 Å². The van der Waals surface area contributed by atoms with E-state index >= 15 is 0 Å². The average Bonchev–Trinajstić information content (AvgIpc) is 3.22. The quantitative estimate of drug-likeness (QED) is 0.537. The summed E-state index contributed by atoms with van der Waals surface area (Å²) < 4.78 is 20.3. The molecular formula is C16H10N2O5. The van der Waals surface area contributed by atoms with Crippen LogP contribution >= 0.6 is 0 Å². The second-order valence-electron chi connectivity index (χ2n) is 4.78. The van der Waals surface area contributed by atoms with E-state index in [1.165, 1.54) is 0 Å². The van der Waals surface area contributed by atoms with Gasteiger partial charge in [-0.25, -0.2) is 9.37 Å². The predicted molar refractivity (Wildman–Crippen MR) is 80.0 cm³/mol. The summed E-state index contributed by atoms with van der Waals surface area (Å²) in [7, 11) is 1.57. The highest BCUT2D eigenvalue weighted by Gasteiger charge is 2.15. The van der Waals surface area contributed by atoms with E-state index in [1.807, 2.05) is 24.3 Å². The number of aromatic nitrogens is 2. The molecule has 0 aliphatic rings. The van der Waals surface area contributed by atoms with Gasteiger partial charge in [0.2, 0.25) is 5.89 Å². The number of hydrogen-bond acceptors (Lipinski definition) is 7. The Morgan fingerprint density at radius 2 is 1.83 bits per heavy atom. The van der Waals surface area contributed by atoms with Crippen molar-refractivity contribution in [1.82, 2.24) is 10.2 Å². The van der Waals surface area contributed by atoms with Crippen molar-refractivity contribution < 1.29 is 18.3 Å². The summed E-state index contributed by atoms with van der Waals surface area (Å²) >= 11 is 0. The van der Waals surface area contributed by atoms with Gasteiger partial charge in [0.25, 0.3) is 5.89 Å². The van der Waals surface area contributed by atoms with E-state index in [0.717, 1.165) is 0 Å². The molecule has 0 aliphatic heterocycles. The highest BCUT2D eigenvalue weighted by Crippen LogP contribution is 2.31. The number of benzene rings is 2. The molecule has 0 aliphatic carbocycles. The first-order valence-electron chi connectivity index (χ1n) is 6.76. The highest BCUT2D eigenvalue weighted by atomic mass is 17.0. The molecule has 7 nitrogen and oxygen atoms in total. The molecule has 0 atom stereocenters. The van der Waals surface area contributed by atoms with Gasteiger partial charge in [-0.15, -0.1) is 10.2 Å². The fraction of sp³-hybridized carbons (Fsp3) is 0.0625. The van der Waals surface area contributed by atoms with Crippen LogP contribution < -0.4 is 10.4 Å². The maximum Gasteiger partial charge on any atom is 0.390 e. The zero-order valence-electron chi connectivity index (χ0n) is 12.0. The minimum absolute atomic E-state index is 0.286. The van der Waals surface area contributed by atoms with Gasteiger partial charge in [0.1, 0.15) is 11.1 Å². The summed E-state index contributed by atoms with van der Waals surface area (Å²) in [6, 6.07) is 12.2. The Labute approximate surface area is 129 Å². The molecule has 7 heteroatoms. The summed E-state index contributed by atoms with van der Waals surface area (Å²) in [5.41, 5.74) is 1.10. The number of fused-ring (bicyclic) bond motifs is 1. The highest BCUT2D eigenvalue weighted by molar-refractivity contribution is 5.80. The Morgan fingerprint density at radius 1 is 1.00 bits per heavy atom. The van der Waals surface area contributed by atoms with E-state index in [1.54, 1.807) is 25.3 Å². The Kier molecular flexibility index (Phi) is 2.97. The van der Waals surface area contributed by atoms with Crippen LogP contribution in [0.15, 0.2) is 60.8 Å². The van der Waals surface area contributed by atoms with E-state index in [-0.39, 0.29) is 5.89 Å². The van der Waals surface area contributed by atoms with Crippen molar-refractivity contribution in [2.45, 2.75) is 0 Å². The Bertz CT molecular complexity index is 1040. The Balaban J connectivity index is 1.80. The fourth-order valence-electron chi connectivity index (χ4n) is 2.29. The van der Waals surface area contributed by atoms with Gasteiger partial charge in [-0.1, -0.05) is 12.1 Å². The van der Waals surface area contributed by atoms with Gasteiger partial charge in [-0.2, -0.15) is 0 Å². The monoisotopic (exact) mass is 310 g/mol. The van der Waals surface area contributed by atoms with E-state index in [0.29, 0.717) is 33.7 Å². The first-order valence-corrected chi connectivity index (χ1v) is 6.76. The molecule has 0 fully saturated rings. The zero-order chi connectivity index (χ0) is 15.8. The molecule has 4 aromatic rings. The number of rotatable bonds is 3. The van der Waals surface area contributed by atoms with Crippen molar-refractivity contribution >= 4 is 11.0 Å². The van der Waals surface area contributed by atoms with Crippen molar-refractivity contribution in [2.24, 2.45) is 0 Å². The van der Waals surface area contributed by atoms with Gasteiger partial charge in [-0.3, -0.25) is 4.58 Å². The van der Waals surface area contributed by atoms with Crippen LogP contribution in [0.5, 0.6) is 5.75 Å². The second-order valence-corrected chi connectivity index (χ2v) is 4.78. The van der Waals surface area contributed by atoms with E-state index < -0.39 is 5.63 Å². The SMILES string of the molecule is COc1ccccc1-c1nnc(-c2ccc3ooc(=O)c3c2)o1. The van der Waals surface area contributed by atoms with Crippen molar-refractivity contribution in [1.29, 1.82) is 0 Å². The minimum Gasteiger partial charge on any atom is -0.496 e. The summed E-state index contributed by atoms with van der Waals surface area (Å²) in [6.45, 7) is 0. The predicted octanol–water partition coefficient (Wildman–Crippen LogP) is 3.11. The normalized spacial score (nSPS) is 11.0. The third-order valence-electron chi connectivity index (χ3n) is 3.42. The number of methoxy groups -OCH3 is 1. The average molecular weight is 310 g/mol. The van der Waals surface area contributed by atoms with Crippen molar-refractivity contribution in [3.8, 4) is 28.7 Å². The molecule has 0 unspecified atom stereocenters. The van der Waals surface area contributed by atoms with Gasteiger partial charge in [0.05, 0.1) is 12.7 Å². The molecule has 2 aromatic carbocycles. The molecule has 114 valence electrons. The van der Waals surface area contributed by atoms with Crippen LogP contribution in [0.3, 0.4) is 0 Å². The van der Waals surface area contributed by atoms with Gasteiger partial charge in [0, 0.05) is 5.56 Å². The first-order chi connectivity index (χ1) is 11.3. The van der Waals surface area contributed by atoms with Crippen LogP contribution in [-0.2, 0) is 0 Å². The number of nitrogens with zero attached hydrogens (tertiary/aromatic N) is 2. The molecule has 0 bridgehead atoms. The lowest BCUT2D eigenvalue weighted by molar-refractivity contribution is 0.0658. The smallest absolute Gasteiger partial charge is 0.390 e. The summed E-state index contributed by atoms with van der Waals surface area (Å²) in [5.74, 6) is 1.25. The van der Waals surface area contributed by atoms with Crippen molar-refractivity contribution in [3.63, 3.8) is 0 Å². The molecule has 0 amide bonds. The van der Waals surface area contributed by atoms with Crippen LogP contribution in [0.4, 0.5) is 0 Å². The molecular weight excluding hydrogens is 300 g/mol. The lowest BCUT2D eigenvalue weighted by atomic mass is 10.2. The van der Waals surface area contributed by atoms with Gasteiger partial charge >= 0.3 is 5.63 Å². The van der Waals surface area contributed by atoms with Gasteiger partial charge in [-0.05, 0) is 30.3 Å². The molecule has 2 heterocycles. The van der Waals surface area contributed by atoms with E-state index in [9.17, 15) is 4.79 Å². The summed E-state index contributed by atoms with van der Waals surface area (Å²) in [4.78, 5) is 11.5. The Morgan fingerprint density at radius 3 is 2.70 bits per heavy atom. The molecule has 0 radical (unpaired) electrons. The maximum atomic E-state index is 11.5. The molecule has 23 heavy (non-hydrogen) atoms. The summed E-state index contributed by atoms with van der Waals surface area (Å²) in [6.07, 6.45) is 0. The Hall–Kier alpha value is -3.35. The maximum absolute atomic E-state index is 11.5. The molecule has 4 rings (SSSR count). The third-order valence-corrected chi connectivity index (χ3v) is 3.42. The van der Waals surface area contributed by atoms with E-state index in [4.69, 9.17) is 13.7 Å². The topological polar surface area (TPSA) is 91.5 Å². The molecule has 2 aromatic heterocycles. The molecule has 0 N–H and O–H groups in total. The molecule has 0 saturated heterocycles. The largest absolute Gasteiger partial charge is 0.496 e. The van der Waals surface area contributed by atoms with Crippen molar-refractivity contribution in [2.75, 3.05) is 7.11 Å².